The quantitative estimate of drug-likeness (QED) is 0.111. The van der Waals surface area contributed by atoms with Crippen LogP contribution in [0.5, 0.6) is 0 Å². The van der Waals surface area contributed by atoms with Gasteiger partial charge in [0, 0.05) is 62.1 Å². The van der Waals surface area contributed by atoms with Crippen LogP contribution >= 0.6 is 11.6 Å². The Morgan fingerprint density at radius 1 is 0.612 bits per heavy atom. The normalized spacial score (nSPS) is 16.9. The summed E-state index contributed by atoms with van der Waals surface area (Å²) in [4.78, 5) is 24.7. The Labute approximate surface area is 296 Å². The van der Waals surface area contributed by atoms with E-state index in [-0.39, 0.29) is 16.3 Å². The molecule has 0 amide bonds. The maximum absolute atomic E-state index is 10.5. The molecule has 0 spiro atoms. The number of benzene rings is 3. The molecule has 0 bridgehead atoms. The van der Waals surface area contributed by atoms with E-state index in [2.05, 4.69) is 27.2 Å². The molecule has 3 N–H and O–H groups in total. The molecule has 4 heterocycles. The predicted molar refractivity (Wildman–Crippen MR) is 198 cm³/mol. The molecule has 4 aliphatic heterocycles. The summed E-state index contributed by atoms with van der Waals surface area (Å²) < 4.78 is 4.94. The van der Waals surface area contributed by atoms with Gasteiger partial charge in [0.15, 0.2) is 0 Å². The fraction of sp³-hybridized carbons (Fsp3) is 0.514. The zero-order valence-electron chi connectivity index (χ0n) is 28.6. The van der Waals surface area contributed by atoms with Crippen LogP contribution in [-0.4, -0.2) is 72.1 Å². The second-order valence-corrected chi connectivity index (χ2v) is 12.7. The summed E-state index contributed by atoms with van der Waals surface area (Å²) in [5.74, 6) is 0.387. The first kappa shape index (κ1) is 39.8. The zero-order chi connectivity index (χ0) is 35.1. The molecule has 3 aromatic rings. The molecule has 12 heteroatoms. The SMILES string of the molecule is C1CCNC1.C1CCOC1.Nc1ccc(CN2CCCC2)cc1.O=[N+]([O-])c1ccc(CCl)cc1.O=[N+]([O-])c1ccc(CN2CCCC2)cc1. The number of alkyl halides is 1. The van der Waals surface area contributed by atoms with Crippen molar-refractivity contribution in [3.63, 3.8) is 0 Å². The minimum absolute atomic E-state index is 0.0962. The van der Waals surface area contributed by atoms with Crippen molar-refractivity contribution in [2.24, 2.45) is 0 Å². The first-order chi connectivity index (χ1) is 23.8. The first-order valence-electron chi connectivity index (χ1n) is 17.4. The molecule has 268 valence electrons. The van der Waals surface area contributed by atoms with Gasteiger partial charge in [-0.1, -0.05) is 36.4 Å². The van der Waals surface area contributed by atoms with Crippen LogP contribution in [0.25, 0.3) is 0 Å². The molecule has 3 aromatic carbocycles. The van der Waals surface area contributed by atoms with Gasteiger partial charge >= 0.3 is 0 Å². The number of hydrogen-bond donors (Lipinski definition) is 2. The lowest BCUT2D eigenvalue weighted by Gasteiger charge is -2.14. The van der Waals surface area contributed by atoms with Crippen molar-refractivity contribution >= 4 is 28.7 Å². The fourth-order valence-corrected chi connectivity index (χ4v) is 5.76. The summed E-state index contributed by atoms with van der Waals surface area (Å²) in [5, 5.41) is 23.8. The minimum atomic E-state index is -0.433. The number of nitrogen functional groups attached to an aromatic ring is 1. The van der Waals surface area contributed by atoms with E-state index < -0.39 is 4.92 Å². The molecule has 11 nitrogen and oxygen atoms in total. The van der Waals surface area contributed by atoms with Crippen molar-refractivity contribution in [2.75, 3.05) is 58.2 Å². The molecule has 4 aliphatic rings. The zero-order valence-corrected chi connectivity index (χ0v) is 29.4. The summed E-state index contributed by atoms with van der Waals surface area (Å²) >= 11 is 5.49. The number of hydrogen-bond acceptors (Lipinski definition) is 9. The molecule has 0 radical (unpaired) electrons. The lowest BCUT2D eigenvalue weighted by molar-refractivity contribution is -0.385. The highest BCUT2D eigenvalue weighted by atomic mass is 35.5. The predicted octanol–water partition coefficient (Wildman–Crippen LogP) is 7.56. The molecule has 4 saturated heterocycles. The van der Waals surface area contributed by atoms with Crippen LogP contribution in [0.1, 0.15) is 68.1 Å². The largest absolute Gasteiger partial charge is 0.399 e. The smallest absolute Gasteiger partial charge is 0.269 e. The molecule has 0 atom stereocenters. The highest BCUT2D eigenvalue weighted by Gasteiger charge is 2.13. The summed E-state index contributed by atoms with van der Waals surface area (Å²) in [5.41, 5.74) is 10.1. The molecular weight excluding hydrogens is 644 g/mol. The Bertz CT molecular complexity index is 1300. The van der Waals surface area contributed by atoms with Crippen LogP contribution in [0.2, 0.25) is 0 Å². The number of anilines is 1. The lowest BCUT2D eigenvalue weighted by Crippen LogP contribution is -2.18. The van der Waals surface area contributed by atoms with Gasteiger partial charge in [-0.2, -0.15) is 0 Å². The van der Waals surface area contributed by atoms with E-state index >= 15 is 0 Å². The van der Waals surface area contributed by atoms with Crippen LogP contribution in [0, 0.1) is 20.2 Å². The Hall–Kier alpha value is -3.61. The van der Waals surface area contributed by atoms with Crippen LogP contribution in [0.3, 0.4) is 0 Å². The lowest BCUT2D eigenvalue weighted by atomic mass is 10.2. The maximum Gasteiger partial charge on any atom is 0.269 e. The highest BCUT2D eigenvalue weighted by Crippen LogP contribution is 2.17. The van der Waals surface area contributed by atoms with E-state index in [9.17, 15) is 20.2 Å². The number of non-ortho nitro benzene ring substituents is 2. The molecule has 0 aliphatic carbocycles. The average Bonchev–Trinajstić information content (AvgIpc) is 3.97. The van der Waals surface area contributed by atoms with Crippen molar-refractivity contribution in [1.82, 2.24) is 15.1 Å². The summed E-state index contributed by atoms with van der Waals surface area (Å²) in [6, 6.07) is 21.2. The minimum Gasteiger partial charge on any atom is -0.399 e. The Kier molecular flexibility index (Phi) is 19.3. The number of rotatable bonds is 7. The third kappa shape index (κ3) is 17.1. The van der Waals surface area contributed by atoms with E-state index in [4.69, 9.17) is 22.1 Å². The number of nitrogens with one attached hydrogen (secondary N) is 1. The third-order valence-electron chi connectivity index (χ3n) is 8.42. The fourth-order valence-electron chi connectivity index (χ4n) is 5.59. The Morgan fingerprint density at radius 2 is 1.00 bits per heavy atom. The highest BCUT2D eigenvalue weighted by molar-refractivity contribution is 6.17. The molecule has 7 rings (SSSR count). The van der Waals surface area contributed by atoms with Gasteiger partial charge in [0.05, 0.1) is 9.85 Å². The Balaban J connectivity index is 0.000000175. The van der Waals surface area contributed by atoms with Gasteiger partial charge in [0.2, 0.25) is 0 Å². The van der Waals surface area contributed by atoms with E-state index in [1.807, 2.05) is 24.3 Å². The number of nitrogens with zero attached hydrogens (tertiary/aromatic N) is 4. The second kappa shape index (κ2) is 23.7. The van der Waals surface area contributed by atoms with Crippen LogP contribution in [0.15, 0.2) is 72.8 Å². The second-order valence-electron chi connectivity index (χ2n) is 12.5. The van der Waals surface area contributed by atoms with E-state index in [1.165, 1.54) is 95.2 Å². The molecule has 4 fully saturated rings. The van der Waals surface area contributed by atoms with Gasteiger partial charge in [-0.15, -0.1) is 11.6 Å². The first-order valence-corrected chi connectivity index (χ1v) is 18.0. The van der Waals surface area contributed by atoms with Crippen molar-refractivity contribution in [3.8, 4) is 0 Å². The third-order valence-corrected chi connectivity index (χ3v) is 8.73. The molecule has 49 heavy (non-hydrogen) atoms. The van der Waals surface area contributed by atoms with Crippen molar-refractivity contribution in [2.45, 2.75) is 70.3 Å². The summed E-state index contributed by atoms with van der Waals surface area (Å²) in [6.45, 7) is 11.3. The van der Waals surface area contributed by atoms with Crippen LogP contribution in [-0.2, 0) is 23.7 Å². The van der Waals surface area contributed by atoms with Crippen molar-refractivity contribution in [1.29, 1.82) is 0 Å². The number of halogens is 1. The maximum atomic E-state index is 10.5. The monoisotopic (exact) mass is 696 g/mol. The topological polar surface area (TPSA) is 140 Å². The van der Waals surface area contributed by atoms with Gasteiger partial charge in [-0.25, -0.2) is 0 Å². The van der Waals surface area contributed by atoms with Gasteiger partial charge in [-0.3, -0.25) is 30.0 Å². The van der Waals surface area contributed by atoms with E-state index in [0.29, 0.717) is 5.88 Å². The van der Waals surface area contributed by atoms with Crippen molar-refractivity contribution in [3.05, 3.63) is 110 Å². The average molecular weight is 697 g/mol. The van der Waals surface area contributed by atoms with Crippen molar-refractivity contribution < 1.29 is 14.6 Å². The summed E-state index contributed by atoms with van der Waals surface area (Å²) in [7, 11) is 0. The van der Waals surface area contributed by atoms with Crippen LogP contribution in [0.4, 0.5) is 17.1 Å². The molecule has 0 saturated carbocycles. The molecular formula is C37H53ClN6O5. The van der Waals surface area contributed by atoms with E-state index in [0.717, 1.165) is 56.2 Å². The summed E-state index contributed by atoms with van der Waals surface area (Å²) in [6.07, 6.45) is 10.6. The Morgan fingerprint density at radius 3 is 1.31 bits per heavy atom. The van der Waals surface area contributed by atoms with Gasteiger partial charge in [-0.05, 0) is 119 Å². The number of nitrogens with two attached hydrogens (primary N) is 1. The van der Waals surface area contributed by atoms with Crippen LogP contribution < -0.4 is 11.1 Å². The molecule has 0 aromatic heterocycles. The van der Waals surface area contributed by atoms with Gasteiger partial charge in [0.25, 0.3) is 11.4 Å². The van der Waals surface area contributed by atoms with Gasteiger partial charge in [0.1, 0.15) is 0 Å². The number of nitro groups is 2. The van der Waals surface area contributed by atoms with E-state index in [1.54, 1.807) is 24.3 Å². The number of likely N-dealkylation sites (tertiary alicyclic amines) is 2. The number of nitro benzene ring substituents is 2. The number of ether oxygens (including phenoxy) is 1. The molecule has 0 unspecified atom stereocenters. The standard InChI is InChI=1S/C11H14N2O2.C11H16N2.C7H6ClNO2.C4H9N.C4H8O/c14-13(15)11-5-3-10(4-6-11)9-12-7-1-2-8-12;12-11-5-3-10(4-6-11)9-13-7-1-2-8-13;8-5-6-1-3-7(4-2-6)9(10)11;2*1-2-4-5-3-1/h3-6H,1-2,7-9H2;3-6H,1-2,7-9,12H2;1-4H,5H2;5H,1-4H2;1-4H2. The van der Waals surface area contributed by atoms with Gasteiger partial charge < -0.3 is 15.8 Å².